The summed E-state index contributed by atoms with van der Waals surface area (Å²) in [5, 5.41) is 8.47. The minimum absolute atomic E-state index is 0.104. The van der Waals surface area contributed by atoms with Crippen LogP contribution in [0.4, 0.5) is 0 Å². The number of ether oxygens (including phenoxy) is 1. The van der Waals surface area contributed by atoms with Gasteiger partial charge in [0.1, 0.15) is 12.2 Å². The quantitative estimate of drug-likeness (QED) is 0.857. The van der Waals surface area contributed by atoms with Crippen LogP contribution in [0.15, 0.2) is 22.7 Å². The van der Waals surface area contributed by atoms with Crippen molar-refractivity contribution >= 4 is 21.8 Å². The zero-order valence-corrected chi connectivity index (χ0v) is 11.3. The standard InChI is InChI=1S/C12H13BrN2O2/c1-15(12(16)5-6-14)8-9-7-10(13)3-4-11(9)17-2/h3-4,7H,5,8H2,1-2H3. The van der Waals surface area contributed by atoms with Gasteiger partial charge in [-0.2, -0.15) is 5.26 Å². The second kappa shape index (κ2) is 6.26. The molecular formula is C12H13BrN2O2. The van der Waals surface area contributed by atoms with Gasteiger partial charge in [0.2, 0.25) is 5.91 Å². The van der Waals surface area contributed by atoms with Crippen molar-refractivity contribution in [1.29, 1.82) is 5.26 Å². The number of rotatable bonds is 4. The topological polar surface area (TPSA) is 53.3 Å². The first-order valence-electron chi connectivity index (χ1n) is 5.01. The molecule has 0 unspecified atom stereocenters. The fourth-order valence-corrected chi connectivity index (χ4v) is 1.83. The molecule has 0 spiro atoms. The average Bonchev–Trinajstić information content (AvgIpc) is 2.29. The van der Waals surface area contributed by atoms with E-state index in [0.717, 1.165) is 15.8 Å². The number of nitriles is 1. The Hall–Kier alpha value is -1.54. The minimum atomic E-state index is -0.200. The smallest absolute Gasteiger partial charge is 0.236 e. The Balaban J connectivity index is 2.84. The van der Waals surface area contributed by atoms with E-state index in [1.165, 1.54) is 4.90 Å². The van der Waals surface area contributed by atoms with Crippen LogP contribution in [-0.2, 0) is 11.3 Å². The largest absolute Gasteiger partial charge is 0.496 e. The van der Waals surface area contributed by atoms with Crippen LogP contribution in [0.2, 0.25) is 0 Å². The van der Waals surface area contributed by atoms with Gasteiger partial charge in [-0.05, 0) is 18.2 Å². The third-order valence-electron chi connectivity index (χ3n) is 2.31. The first kappa shape index (κ1) is 13.5. The lowest BCUT2D eigenvalue weighted by molar-refractivity contribution is -0.129. The summed E-state index contributed by atoms with van der Waals surface area (Å²) in [6.07, 6.45) is -0.104. The second-order valence-corrected chi connectivity index (χ2v) is 4.46. The Morgan fingerprint density at radius 2 is 2.29 bits per heavy atom. The lowest BCUT2D eigenvalue weighted by Crippen LogP contribution is -2.25. The van der Waals surface area contributed by atoms with Gasteiger partial charge < -0.3 is 9.64 Å². The van der Waals surface area contributed by atoms with Crippen LogP contribution in [0, 0.1) is 11.3 Å². The van der Waals surface area contributed by atoms with Crippen molar-refractivity contribution in [2.45, 2.75) is 13.0 Å². The third-order valence-corrected chi connectivity index (χ3v) is 2.80. The number of nitrogens with zero attached hydrogens (tertiary/aromatic N) is 2. The van der Waals surface area contributed by atoms with Gasteiger partial charge in [0, 0.05) is 23.6 Å². The summed E-state index contributed by atoms with van der Waals surface area (Å²) in [4.78, 5) is 13.0. The molecule has 5 heteroatoms. The van der Waals surface area contributed by atoms with Crippen molar-refractivity contribution in [3.63, 3.8) is 0 Å². The second-order valence-electron chi connectivity index (χ2n) is 3.54. The van der Waals surface area contributed by atoms with E-state index >= 15 is 0 Å². The lowest BCUT2D eigenvalue weighted by atomic mass is 10.2. The van der Waals surface area contributed by atoms with Gasteiger partial charge in [0.05, 0.1) is 13.2 Å². The number of methoxy groups -OCH3 is 1. The molecule has 0 aliphatic carbocycles. The zero-order chi connectivity index (χ0) is 12.8. The molecule has 0 atom stereocenters. The van der Waals surface area contributed by atoms with Crippen LogP contribution in [0.1, 0.15) is 12.0 Å². The zero-order valence-electron chi connectivity index (χ0n) is 9.74. The van der Waals surface area contributed by atoms with E-state index < -0.39 is 0 Å². The molecule has 4 nitrogen and oxygen atoms in total. The Bertz CT molecular complexity index is 454. The first-order chi connectivity index (χ1) is 8.08. The Morgan fingerprint density at radius 1 is 1.59 bits per heavy atom. The predicted molar refractivity (Wildman–Crippen MR) is 67.4 cm³/mol. The highest BCUT2D eigenvalue weighted by Crippen LogP contribution is 2.24. The number of hydrogen-bond acceptors (Lipinski definition) is 3. The molecule has 0 aliphatic heterocycles. The molecule has 0 aliphatic rings. The highest BCUT2D eigenvalue weighted by molar-refractivity contribution is 9.10. The maximum Gasteiger partial charge on any atom is 0.236 e. The average molecular weight is 297 g/mol. The van der Waals surface area contributed by atoms with E-state index in [9.17, 15) is 4.79 Å². The first-order valence-corrected chi connectivity index (χ1v) is 5.81. The van der Waals surface area contributed by atoms with Crippen LogP contribution in [0.5, 0.6) is 5.75 Å². The molecule has 0 saturated heterocycles. The molecule has 1 amide bonds. The van der Waals surface area contributed by atoms with Crippen LogP contribution in [0.3, 0.4) is 0 Å². The van der Waals surface area contributed by atoms with Crippen molar-refractivity contribution in [2.24, 2.45) is 0 Å². The van der Waals surface area contributed by atoms with Gasteiger partial charge in [-0.1, -0.05) is 15.9 Å². The summed E-state index contributed by atoms with van der Waals surface area (Å²) in [5.41, 5.74) is 0.899. The summed E-state index contributed by atoms with van der Waals surface area (Å²) in [6.45, 7) is 0.420. The van der Waals surface area contributed by atoms with E-state index in [0.29, 0.717) is 6.54 Å². The summed E-state index contributed by atoms with van der Waals surface area (Å²) in [5.74, 6) is 0.527. The summed E-state index contributed by atoms with van der Waals surface area (Å²) in [7, 11) is 3.25. The summed E-state index contributed by atoms with van der Waals surface area (Å²) >= 11 is 3.37. The van der Waals surface area contributed by atoms with E-state index in [4.69, 9.17) is 10.00 Å². The molecule has 1 aromatic carbocycles. The fourth-order valence-electron chi connectivity index (χ4n) is 1.42. The van der Waals surface area contributed by atoms with Gasteiger partial charge >= 0.3 is 0 Å². The molecule has 1 rings (SSSR count). The number of amides is 1. The predicted octanol–water partition coefficient (Wildman–Crippen LogP) is 2.33. The normalized spacial score (nSPS) is 9.53. The molecule has 0 N–H and O–H groups in total. The van der Waals surface area contributed by atoms with E-state index in [1.807, 2.05) is 24.3 Å². The van der Waals surface area contributed by atoms with Crippen molar-refractivity contribution in [3.8, 4) is 11.8 Å². The van der Waals surface area contributed by atoms with Crippen LogP contribution >= 0.6 is 15.9 Å². The monoisotopic (exact) mass is 296 g/mol. The summed E-state index contributed by atoms with van der Waals surface area (Å²) < 4.78 is 6.14. The molecule has 0 fully saturated rings. The van der Waals surface area contributed by atoms with Crippen molar-refractivity contribution in [3.05, 3.63) is 28.2 Å². The maximum absolute atomic E-state index is 11.5. The van der Waals surface area contributed by atoms with Crippen molar-refractivity contribution in [2.75, 3.05) is 14.2 Å². The van der Waals surface area contributed by atoms with Gasteiger partial charge in [0.15, 0.2) is 0 Å². The lowest BCUT2D eigenvalue weighted by Gasteiger charge is -2.17. The fraction of sp³-hybridized carbons (Fsp3) is 0.333. The van der Waals surface area contributed by atoms with Gasteiger partial charge in [-0.15, -0.1) is 0 Å². The number of halogens is 1. The molecule has 1 aromatic rings. The molecule has 0 heterocycles. The number of hydrogen-bond donors (Lipinski definition) is 0. The van der Waals surface area contributed by atoms with E-state index in [2.05, 4.69) is 15.9 Å². The highest BCUT2D eigenvalue weighted by Gasteiger charge is 2.11. The molecule has 0 radical (unpaired) electrons. The van der Waals surface area contributed by atoms with Gasteiger partial charge in [-0.25, -0.2) is 0 Å². The third kappa shape index (κ3) is 3.75. The number of carbonyl (C=O) groups excluding carboxylic acids is 1. The van der Waals surface area contributed by atoms with E-state index in [1.54, 1.807) is 14.2 Å². The van der Waals surface area contributed by atoms with Gasteiger partial charge in [-0.3, -0.25) is 4.79 Å². The van der Waals surface area contributed by atoms with Crippen molar-refractivity contribution < 1.29 is 9.53 Å². The molecule has 0 bridgehead atoms. The Labute approximate surface area is 109 Å². The maximum atomic E-state index is 11.5. The Kier molecular flexibility index (Phi) is 4.98. The number of carbonyl (C=O) groups is 1. The molecule has 90 valence electrons. The van der Waals surface area contributed by atoms with E-state index in [-0.39, 0.29) is 12.3 Å². The van der Waals surface area contributed by atoms with Crippen molar-refractivity contribution in [1.82, 2.24) is 4.90 Å². The SMILES string of the molecule is COc1ccc(Br)cc1CN(C)C(=O)CC#N. The minimum Gasteiger partial charge on any atom is -0.496 e. The van der Waals surface area contributed by atoms with Crippen LogP contribution in [-0.4, -0.2) is 25.0 Å². The van der Waals surface area contributed by atoms with Crippen LogP contribution in [0.25, 0.3) is 0 Å². The molecule has 0 aromatic heterocycles. The van der Waals surface area contributed by atoms with Crippen LogP contribution < -0.4 is 4.74 Å². The highest BCUT2D eigenvalue weighted by atomic mass is 79.9. The Morgan fingerprint density at radius 3 is 2.88 bits per heavy atom. The molecular weight excluding hydrogens is 284 g/mol. The number of benzene rings is 1. The molecule has 17 heavy (non-hydrogen) atoms. The molecule has 0 saturated carbocycles. The van der Waals surface area contributed by atoms with Gasteiger partial charge in [0.25, 0.3) is 0 Å². The summed E-state index contributed by atoms with van der Waals surface area (Å²) in [6, 6.07) is 7.45.